The van der Waals surface area contributed by atoms with Crippen LogP contribution in [0.4, 0.5) is 0 Å². The maximum Gasteiger partial charge on any atom is 0.252 e. The molecule has 5 nitrogen and oxygen atoms in total. The van der Waals surface area contributed by atoms with E-state index in [2.05, 4.69) is 10.2 Å². The Morgan fingerprint density at radius 1 is 1.00 bits per heavy atom. The average Bonchev–Trinajstić information content (AvgIpc) is 3.02. The summed E-state index contributed by atoms with van der Waals surface area (Å²) in [5.41, 5.74) is -1.09. The van der Waals surface area contributed by atoms with Crippen molar-refractivity contribution >= 4 is 5.91 Å². The molecule has 22 heavy (non-hydrogen) atoms. The molecule has 0 radical (unpaired) electrons. The number of nitrogens with zero attached hydrogens (tertiary/aromatic N) is 1. The topological polar surface area (TPSA) is 61.8 Å². The van der Waals surface area contributed by atoms with Crippen molar-refractivity contribution in [2.24, 2.45) is 0 Å². The molecule has 0 aromatic heterocycles. The second-order valence-corrected chi connectivity index (χ2v) is 7.31. The van der Waals surface area contributed by atoms with Gasteiger partial charge in [-0.1, -0.05) is 6.42 Å². The van der Waals surface area contributed by atoms with Gasteiger partial charge in [-0.05, 0) is 64.5 Å². The number of likely N-dealkylation sites (tertiary alicyclic amines) is 1. The first-order chi connectivity index (χ1) is 10.6. The Hall–Kier alpha value is -0.650. The molecule has 0 atom stereocenters. The van der Waals surface area contributed by atoms with Gasteiger partial charge in [-0.15, -0.1) is 0 Å². The van der Waals surface area contributed by atoms with Crippen molar-refractivity contribution in [3.05, 3.63) is 0 Å². The molecule has 2 N–H and O–H groups in total. The molecule has 0 aromatic rings. The molecule has 0 unspecified atom stereocenters. The van der Waals surface area contributed by atoms with Crippen LogP contribution in [0.15, 0.2) is 0 Å². The maximum atomic E-state index is 12.4. The van der Waals surface area contributed by atoms with Gasteiger partial charge >= 0.3 is 0 Å². The predicted octanol–water partition coefficient (Wildman–Crippen LogP) is 1.44. The molecule has 5 heteroatoms. The number of rotatable bonds is 4. The summed E-state index contributed by atoms with van der Waals surface area (Å²) in [6.07, 6.45) is 8.90. The first-order valence-electron chi connectivity index (χ1n) is 8.98. The van der Waals surface area contributed by atoms with Crippen molar-refractivity contribution in [2.75, 3.05) is 32.8 Å². The van der Waals surface area contributed by atoms with Crippen molar-refractivity contribution in [3.63, 3.8) is 0 Å². The van der Waals surface area contributed by atoms with Crippen LogP contribution in [0.25, 0.3) is 0 Å². The Morgan fingerprint density at radius 2 is 1.64 bits per heavy atom. The number of carbonyl (C=O) groups excluding carboxylic acids is 1. The van der Waals surface area contributed by atoms with Gasteiger partial charge in [-0.25, -0.2) is 0 Å². The van der Waals surface area contributed by atoms with Gasteiger partial charge in [0.2, 0.25) is 0 Å². The number of aliphatic hydroxyl groups is 1. The second-order valence-electron chi connectivity index (χ2n) is 7.31. The number of hydrogen-bond acceptors (Lipinski definition) is 4. The van der Waals surface area contributed by atoms with Crippen molar-refractivity contribution in [1.29, 1.82) is 0 Å². The van der Waals surface area contributed by atoms with E-state index in [0.29, 0.717) is 19.4 Å². The lowest BCUT2D eigenvalue weighted by atomic mass is 9.85. The lowest BCUT2D eigenvalue weighted by Gasteiger charge is -2.48. The predicted molar refractivity (Wildman–Crippen MR) is 84.6 cm³/mol. The molecule has 3 fully saturated rings. The van der Waals surface area contributed by atoms with E-state index in [0.717, 1.165) is 52.0 Å². The highest BCUT2D eigenvalue weighted by molar-refractivity contribution is 5.85. The summed E-state index contributed by atoms with van der Waals surface area (Å²) in [6.45, 7) is 4.45. The smallest absolute Gasteiger partial charge is 0.252 e. The van der Waals surface area contributed by atoms with E-state index in [1.165, 1.54) is 19.3 Å². The van der Waals surface area contributed by atoms with Crippen LogP contribution >= 0.6 is 0 Å². The molecule has 1 amide bonds. The van der Waals surface area contributed by atoms with E-state index in [1.54, 1.807) is 0 Å². The van der Waals surface area contributed by atoms with Gasteiger partial charge < -0.3 is 15.2 Å². The quantitative estimate of drug-likeness (QED) is 0.825. The molecule has 2 heterocycles. The fourth-order valence-electron chi connectivity index (χ4n) is 4.32. The number of nitrogens with one attached hydrogen (secondary N) is 1. The third-order valence-corrected chi connectivity index (χ3v) is 5.88. The molecule has 126 valence electrons. The van der Waals surface area contributed by atoms with Gasteiger partial charge in [0.05, 0.1) is 0 Å². The maximum absolute atomic E-state index is 12.4. The molecule has 2 saturated heterocycles. The first kappa shape index (κ1) is 16.2. The Bertz CT molecular complexity index is 381. The lowest BCUT2D eigenvalue weighted by Crippen LogP contribution is -2.61. The third kappa shape index (κ3) is 3.31. The Morgan fingerprint density at radius 3 is 2.27 bits per heavy atom. The molecule has 2 aliphatic heterocycles. The van der Waals surface area contributed by atoms with Crippen molar-refractivity contribution in [1.82, 2.24) is 10.2 Å². The van der Waals surface area contributed by atoms with Crippen LogP contribution in [-0.2, 0) is 9.53 Å². The second kappa shape index (κ2) is 6.85. The summed E-state index contributed by atoms with van der Waals surface area (Å²) in [5, 5.41) is 13.5. The zero-order chi connectivity index (χ0) is 15.5. The van der Waals surface area contributed by atoms with Crippen LogP contribution in [0.3, 0.4) is 0 Å². The summed E-state index contributed by atoms with van der Waals surface area (Å²) in [4.78, 5) is 15.0. The van der Waals surface area contributed by atoms with Gasteiger partial charge in [0.1, 0.15) is 5.60 Å². The van der Waals surface area contributed by atoms with Crippen LogP contribution in [0.5, 0.6) is 0 Å². The van der Waals surface area contributed by atoms with Crippen LogP contribution in [0.1, 0.15) is 57.8 Å². The highest BCUT2D eigenvalue weighted by Gasteiger charge is 2.42. The first-order valence-corrected chi connectivity index (χ1v) is 8.98. The van der Waals surface area contributed by atoms with Crippen molar-refractivity contribution in [2.45, 2.75) is 68.9 Å². The molecule has 3 aliphatic rings. The standard InChI is InChI=1S/C17H30N2O3/c20-15(17(21)6-2-3-7-17)18-14-16(8-12-22-13-9-16)19-10-4-1-5-11-19/h21H,1-14H2,(H,18,20). The summed E-state index contributed by atoms with van der Waals surface area (Å²) >= 11 is 0. The fourth-order valence-corrected chi connectivity index (χ4v) is 4.32. The number of piperidine rings is 1. The molecule has 0 bridgehead atoms. The number of carbonyl (C=O) groups is 1. The summed E-state index contributed by atoms with van der Waals surface area (Å²) in [5.74, 6) is -0.159. The molecule has 0 spiro atoms. The fraction of sp³-hybridized carbons (Fsp3) is 0.941. The summed E-state index contributed by atoms with van der Waals surface area (Å²) in [6, 6.07) is 0. The molecule has 0 aromatic carbocycles. The third-order valence-electron chi connectivity index (χ3n) is 5.88. The van der Waals surface area contributed by atoms with Crippen LogP contribution in [0.2, 0.25) is 0 Å². The van der Waals surface area contributed by atoms with E-state index in [9.17, 15) is 9.90 Å². The highest BCUT2D eigenvalue weighted by atomic mass is 16.5. The van der Waals surface area contributed by atoms with E-state index < -0.39 is 5.60 Å². The van der Waals surface area contributed by atoms with E-state index in [1.807, 2.05) is 0 Å². The van der Waals surface area contributed by atoms with Gasteiger partial charge in [0, 0.05) is 25.3 Å². The van der Waals surface area contributed by atoms with Crippen LogP contribution < -0.4 is 5.32 Å². The van der Waals surface area contributed by atoms with Crippen LogP contribution in [0, 0.1) is 0 Å². The molecule has 3 rings (SSSR count). The van der Waals surface area contributed by atoms with Crippen molar-refractivity contribution < 1.29 is 14.6 Å². The van der Waals surface area contributed by atoms with Crippen molar-refractivity contribution in [3.8, 4) is 0 Å². The number of hydrogen-bond donors (Lipinski definition) is 2. The minimum absolute atomic E-state index is 0.0310. The minimum atomic E-state index is -1.12. The van der Waals surface area contributed by atoms with Gasteiger partial charge in [-0.2, -0.15) is 0 Å². The number of amides is 1. The largest absolute Gasteiger partial charge is 0.381 e. The van der Waals surface area contributed by atoms with Crippen LogP contribution in [-0.4, -0.2) is 59.9 Å². The molecule has 1 aliphatic carbocycles. The van der Waals surface area contributed by atoms with E-state index in [4.69, 9.17) is 4.74 Å². The Balaban J connectivity index is 1.63. The highest BCUT2D eigenvalue weighted by Crippen LogP contribution is 2.32. The average molecular weight is 310 g/mol. The van der Waals surface area contributed by atoms with E-state index in [-0.39, 0.29) is 11.4 Å². The summed E-state index contributed by atoms with van der Waals surface area (Å²) < 4.78 is 5.55. The zero-order valence-corrected chi connectivity index (χ0v) is 13.6. The van der Waals surface area contributed by atoms with Gasteiger partial charge in [0.15, 0.2) is 0 Å². The number of ether oxygens (including phenoxy) is 1. The Labute approximate surface area is 133 Å². The summed E-state index contributed by atoms with van der Waals surface area (Å²) in [7, 11) is 0. The monoisotopic (exact) mass is 310 g/mol. The normalized spacial score (nSPS) is 28.4. The molecular weight excluding hydrogens is 280 g/mol. The van der Waals surface area contributed by atoms with Gasteiger partial charge in [-0.3, -0.25) is 9.69 Å². The molecular formula is C17H30N2O3. The van der Waals surface area contributed by atoms with E-state index >= 15 is 0 Å². The molecule has 1 saturated carbocycles. The minimum Gasteiger partial charge on any atom is -0.381 e. The Kier molecular flexibility index (Phi) is 5.05. The van der Waals surface area contributed by atoms with Gasteiger partial charge in [0.25, 0.3) is 5.91 Å². The SMILES string of the molecule is O=C(NCC1(N2CCCCC2)CCOCC1)C1(O)CCCC1. The zero-order valence-electron chi connectivity index (χ0n) is 13.6. The lowest BCUT2D eigenvalue weighted by molar-refractivity contribution is -0.140.